The molecule has 0 aliphatic heterocycles. The van der Waals surface area contributed by atoms with Crippen LogP contribution < -0.4 is 15.9 Å². The van der Waals surface area contributed by atoms with Gasteiger partial charge in [-0.05, 0) is 35.8 Å². The van der Waals surface area contributed by atoms with E-state index in [1.807, 2.05) is 12.1 Å². The monoisotopic (exact) mass is 518 g/mol. The van der Waals surface area contributed by atoms with E-state index in [-0.39, 0.29) is 0 Å². The number of para-hydroxylation sites is 2. The van der Waals surface area contributed by atoms with E-state index >= 15 is 0 Å². The number of halogens is 1. The normalized spacial score (nSPS) is 10.8. The van der Waals surface area contributed by atoms with Gasteiger partial charge < -0.3 is 4.98 Å². The molecule has 5 rings (SSSR count). The van der Waals surface area contributed by atoms with E-state index in [0.717, 1.165) is 22.0 Å². The molecule has 0 radical (unpaired) electrons. The number of aromatic nitrogens is 1. The molecule has 0 saturated carbocycles. The average Bonchev–Trinajstić information content (AvgIpc) is 2.81. The zero-order valence-corrected chi connectivity index (χ0v) is 19.5. The van der Waals surface area contributed by atoms with Crippen molar-refractivity contribution in [1.29, 1.82) is 0 Å². The summed E-state index contributed by atoms with van der Waals surface area (Å²) in [5.41, 5.74) is 3.06. The van der Waals surface area contributed by atoms with E-state index in [9.17, 15) is 0 Å². The third-order valence-corrected chi connectivity index (χ3v) is 7.91. The summed E-state index contributed by atoms with van der Waals surface area (Å²) >= 11 is 2.22. The fourth-order valence-electron chi connectivity index (χ4n) is 3.84. The Hall–Kier alpha value is -2.20. The van der Waals surface area contributed by atoms with Crippen LogP contribution in [0.5, 0.6) is 0 Å². The van der Waals surface area contributed by atoms with Gasteiger partial charge in [-0.2, -0.15) is 18.6 Å². The Labute approximate surface area is 193 Å². The molecule has 0 fully saturated rings. The predicted molar refractivity (Wildman–Crippen MR) is 130 cm³/mol. The van der Waals surface area contributed by atoms with Crippen LogP contribution in [0.3, 0.4) is 0 Å². The molecular weight excluding hydrogens is 499 g/mol. The number of benzene rings is 4. The van der Waals surface area contributed by atoms with Crippen LogP contribution in [0.15, 0.2) is 103 Å². The Bertz CT molecular complexity index is 1240. The van der Waals surface area contributed by atoms with Crippen molar-refractivity contribution in [1.82, 2.24) is 4.98 Å². The van der Waals surface area contributed by atoms with Gasteiger partial charge in [-0.25, -0.2) is 0 Å². The summed E-state index contributed by atoms with van der Waals surface area (Å²) in [5, 5.41) is 6.40. The van der Waals surface area contributed by atoms with E-state index in [1.54, 1.807) is 0 Å². The van der Waals surface area contributed by atoms with Crippen molar-refractivity contribution in [2.75, 3.05) is 0 Å². The molecule has 0 spiro atoms. The number of fused-ring (bicyclic) bond motifs is 2. The number of pyridine rings is 1. The molecule has 0 saturated heterocycles. The Kier molecular flexibility index (Phi) is 6.83. The molecule has 5 aromatic rings. The summed E-state index contributed by atoms with van der Waals surface area (Å²) in [5.74, 6) is 0. The molecule has 1 aromatic heterocycles. The summed E-state index contributed by atoms with van der Waals surface area (Å²) in [4.78, 5) is 5.11. The van der Waals surface area contributed by atoms with Gasteiger partial charge in [0.15, 0.2) is 0 Å². The summed E-state index contributed by atoms with van der Waals surface area (Å²) < 4.78 is 0. The van der Waals surface area contributed by atoms with Gasteiger partial charge in [-0.3, -0.25) is 0 Å². The first-order valence-corrected chi connectivity index (χ1v) is 13.1. The van der Waals surface area contributed by atoms with Crippen molar-refractivity contribution in [3.8, 4) is 0 Å². The van der Waals surface area contributed by atoms with Crippen LogP contribution in [0.4, 0.5) is 0 Å². The Morgan fingerprint density at radius 2 is 1.17 bits per heavy atom. The van der Waals surface area contributed by atoms with Crippen LogP contribution in [0.25, 0.3) is 21.8 Å². The second-order valence-corrected chi connectivity index (χ2v) is 9.40. The molecular formula is C26H20ClNPPd+. The molecule has 0 aliphatic rings. The van der Waals surface area contributed by atoms with Crippen LogP contribution in [-0.2, 0) is 18.2 Å². The molecule has 150 valence electrons. The zero-order chi connectivity index (χ0) is 20.9. The van der Waals surface area contributed by atoms with E-state index in [4.69, 9.17) is 4.98 Å². The molecule has 0 amide bonds. The Morgan fingerprint density at radius 1 is 0.633 bits per heavy atom. The molecule has 1 nitrogen and oxygen atoms in total. The zero-order valence-electron chi connectivity index (χ0n) is 16.2. The predicted octanol–water partition coefficient (Wildman–Crippen LogP) is 5.75. The maximum atomic E-state index is 5.11. The van der Waals surface area contributed by atoms with Crippen LogP contribution in [0.1, 0.15) is 5.56 Å². The van der Waals surface area contributed by atoms with Crippen molar-refractivity contribution in [2.45, 2.75) is 0 Å². The van der Waals surface area contributed by atoms with Gasteiger partial charge in [0, 0.05) is 5.39 Å². The second-order valence-electron chi connectivity index (χ2n) is 6.96. The molecule has 0 unspecified atom stereocenters. The quantitative estimate of drug-likeness (QED) is 0.128. The van der Waals surface area contributed by atoms with Crippen LogP contribution in [0, 0.1) is 6.92 Å². The number of nitrogens with zero attached hydrogens (tertiary/aromatic N) is 1. The first kappa shape index (κ1) is 21.1. The molecule has 0 aliphatic carbocycles. The Balaban J connectivity index is 0.00000106. The summed E-state index contributed by atoms with van der Waals surface area (Å²) in [6.07, 6.45) is 0. The third-order valence-electron chi connectivity index (χ3n) is 5.15. The minimum atomic E-state index is -1.17. The van der Waals surface area contributed by atoms with Gasteiger partial charge in [-0.1, -0.05) is 66.0 Å². The molecule has 4 aromatic carbocycles. The van der Waals surface area contributed by atoms with Gasteiger partial charge in [-0.15, -0.1) is 6.07 Å². The molecule has 0 N–H and O–H groups in total. The van der Waals surface area contributed by atoms with E-state index < -0.39 is 7.92 Å². The van der Waals surface area contributed by atoms with Gasteiger partial charge in [0.05, 0.1) is 5.52 Å². The number of rotatable bonds is 3. The number of hydrogen-bond acceptors (Lipinski definition) is 1. The van der Waals surface area contributed by atoms with Crippen LogP contribution in [0.2, 0.25) is 0 Å². The van der Waals surface area contributed by atoms with Crippen molar-refractivity contribution >= 4 is 55.2 Å². The average molecular weight is 519 g/mol. The van der Waals surface area contributed by atoms with Gasteiger partial charge in [0.1, 0.15) is 23.8 Å². The third kappa shape index (κ3) is 4.16. The Morgan fingerprint density at radius 3 is 1.77 bits per heavy atom. The van der Waals surface area contributed by atoms with E-state index in [2.05, 4.69) is 126 Å². The van der Waals surface area contributed by atoms with Crippen LogP contribution in [-0.4, -0.2) is 4.98 Å². The molecule has 1 heterocycles. The molecule has 4 heteroatoms. The molecule has 0 bridgehead atoms. The summed E-state index contributed by atoms with van der Waals surface area (Å²) in [6, 6.07) is 36.7. The molecule has 0 atom stereocenters. The van der Waals surface area contributed by atoms with Crippen molar-refractivity contribution < 1.29 is 18.2 Å². The van der Waals surface area contributed by atoms with Crippen molar-refractivity contribution in [3.05, 3.63) is 116 Å². The standard InChI is InChI=1S/C26H19NP.ClH.Pd/c1-19-10-8-11-20-18-21-12-9-17-24(26(21)27-25(19)20)28(22-13-4-2-5-14-22)23-15-6-3-7-16-23;;/h2-18H,1H2;1H;/q-1;;+2. The van der Waals surface area contributed by atoms with Gasteiger partial charge in [0.25, 0.3) is 0 Å². The second kappa shape index (κ2) is 9.74. The van der Waals surface area contributed by atoms with Crippen molar-refractivity contribution in [2.24, 2.45) is 0 Å². The summed E-state index contributed by atoms with van der Waals surface area (Å²) in [6.45, 7) is 4.19. The first-order chi connectivity index (χ1) is 14.8. The summed E-state index contributed by atoms with van der Waals surface area (Å²) in [7, 11) is 3.32. The topological polar surface area (TPSA) is 12.9 Å². The van der Waals surface area contributed by atoms with Crippen molar-refractivity contribution in [3.63, 3.8) is 0 Å². The van der Waals surface area contributed by atoms with E-state index in [0.29, 0.717) is 0 Å². The minimum absolute atomic E-state index is 0.974. The van der Waals surface area contributed by atoms with Gasteiger partial charge in [0.2, 0.25) is 0 Å². The van der Waals surface area contributed by atoms with E-state index in [1.165, 1.54) is 21.3 Å². The SMILES string of the molecule is [CH2-]c1cccc2cc3cccc([PH+](c4ccccc4)c4ccccc4)c3nc12.[Cl][Pd+]. The van der Waals surface area contributed by atoms with Crippen LogP contribution >= 0.6 is 17.5 Å². The molecule has 30 heavy (non-hydrogen) atoms. The maximum absolute atomic E-state index is 5.11. The fraction of sp³-hybridized carbons (Fsp3) is 0. The van der Waals surface area contributed by atoms with Gasteiger partial charge >= 0.3 is 27.7 Å². The fourth-order valence-corrected chi connectivity index (χ4v) is 6.54. The number of hydrogen-bond donors (Lipinski definition) is 0. The first-order valence-electron chi connectivity index (χ1n) is 9.56.